The van der Waals surface area contributed by atoms with E-state index >= 15 is 0 Å². The number of aliphatic carboxylic acids is 1. The summed E-state index contributed by atoms with van der Waals surface area (Å²) >= 11 is 0. The van der Waals surface area contributed by atoms with Crippen LogP contribution in [0.5, 0.6) is 11.5 Å². The largest absolute Gasteiger partial charge is 0.481 e. The van der Waals surface area contributed by atoms with Crippen molar-refractivity contribution < 1.29 is 19.4 Å². The first-order valence-corrected chi connectivity index (χ1v) is 6.69. The predicted molar refractivity (Wildman–Crippen MR) is 69.8 cm³/mol. The van der Waals surface area contributed by atoms with Gasteiger partial charge in [-0.15, -0.1) is 0 Å². The Morgan fingerprint density at radius 1 is 1.42 bits per heavy atom. The van der Waals surface area contributed by atoms with E-state index in [4.69, 9.17) is 14.6 Å². The standard InChI is InChI=1S/C15H18O4/c1-8-5-12-15(19-7-18-12)14(9(8)2)11(6-13(16)17)10-3-4-10/h5,10-11H,3-4,6-7H2,1-2H3,(H,16,17). The van der Waals surface area contributed by atoms with E-state index < -0.39 is 5.97 Å². The number of rotatable bonds is 4. The van der Waals surface area contributed by atoms with Crippen molar-refractivity contribution in [3.8, 4) is 11.5 Å². The van der Waals surface area contributed by atoms with Crippen LogP contribution in [0.1, 0.15) is 41.9 Å². The third-order valence-corrected chi connectivity index (χ3v) is 4.19. The van der Waals surface area contributed by atoms with Gasteiger partial charge in [0.15, 0.2) is 11.5 Å². The average Bonchev–Trinajstić information content (AvgIpc) is 3.09. The smallest absolute Gasteiger partial charge is 0.303 e. The molecule has 1 aromatic rings. The van der Waals surface area contributed by atoms with E-state index in [1.165, 1.54) is 0 Å². The molecule has 102 valence electrons. The first-order valence-electron chi connectivity index (χ1n) is 6.69. The maximum absolute atomic E-state index is 11.1. The fourth-order valence-electron chi connectivity index (χ4n) is 2.93. The molecule has 1 saturated carbocycles. The number of benzene rings is 1. The summed E-state index contributed by atoms with van der Waals surface area (Å²) in [5, 5.41) is 9.16. The molecule has 3 rings (SSSR count). The highest BCUT2D eigenvalue weighted by molar-refractivity contribution is 5.69. The van der Waals surface area contributed by atoms with Crippen LogP contribution in [-0.4, -0.2) is 17.9 Å². The van der Waals surface area contributed by atoms with Crippen LogP contribution in [0, 0.1) is 19.8 Å². The molecule has 0 aromatic heterocycles. The van der Waals surface area contributed by atoms with Crippen molar-refractivity contribution in [3.05, 3.63) is 22.8 Å². The number of carbonyl (C=O) groups is 1. The molecule has 1 unspecified atom stereocenters. The van der Waals surface area contributed by atoms with Gasteiger partial charge in [-0.2, -0.15) is 0 Å². The van der Waals surface area contributed by atoms with Gasteiger partial charge in [0.25, 0.3) is 0 Å². The summed E-state index contributed by atoms with van der Waals surface area (Å²) < 4.78 is 11.1. The Bertz CT molecular complexity index is 531. The second-order valence-electron chi connectivity index (χ2n) is 5.51. The van der Waals surface area contributed by atoms with Crippen molar-refractivity contribution in [2.75, 3.05) is 6.79 Å². The van der Waals surface area contributed by atoms with E-state index in [-0.39, 0.29) is 19.1 Å². The molecule has 1 aromatic carbocycles. The molecular weight excluding hydrogens is 244 g/mol. The third-order valence-electron chi connectivity index (χ3n) is 4.19. The van der Waals surface area contributed by atoms with Crippen LogP contribution in [0.3, 0.4) is 0 Å². The molecule has 0 saturated heterocycles. The average molecular weight is 262 g/mol. The quantitative estimate of drug-likeness (QED) is 0.906. The molecular formula is C15H18O4. The lowest BCUT2D eigenvalue weighted by Gasteiger charge is -2.20. The Hall–Kier alpha value is -1.71. The molecule has 1 aliphatic heterocycles. The Labute approximate surface area is 112 Å². The van der Waals surface area contributed by atoms with Crippen LogP contribution in [0.25, 0.3) is 0 Å². The molecule has 4 heteroatoms. The summed E-state index contributed by atoms with van der Waals surface area (Å²) in [7, 11) is 0. The second kappa shape index (κ2) is 4.44. The highest BCUT2D eigenvalue weighted by Gasteiger charge is 2.38. The Morgan fingerprint density at radius 3 is 2.79 bits per heavy atom. The van der Waals surface area contributed by atoms with Crippen molar-refractivity contribution >= 4 is 5.97 Å². The number of ether oxygens (including phenoxy) is 2. The van der Waals surface area contributed by atoms with Crippen LogP contribution in [0.2, 0.25) is 0 Å². The lowest BCUT2D eigenvalue weighted by Crippen LogP contribution is -2.11. The van der Waals surface area contributed by atoms with Crippen LogP contribution >= 0.6 is 0 Å². The summed E-state index contributed by atoms with van der Waals surface area (Å²) in [6.45, 7) is 4.31. The molecule has 1 aliphatic carbocycles. The van der Waals surface area contributed by atoms with E-state index in [2.05, 4.69) is 0 Å². The van der Waals surface area contributed by atoms with Gasteiger partial charge in [-0.3, -0.25) is 4.79 Å². The normalized spacial score (nSPS) is 18.4. The SMILES string of the molecule is Cc1cc2c(c(C(CC(=O)O)C3CC3)c1C)OCO2. The molecule has 1 N–H and O–H groups in total. The van der Waals surface area contributed by atoms with Gasteiger partial charge in [-0.1, -0.05) is 0 Å². The zero-order valence-electron chi connectivity index (χ0n) is 11.2. The number of hydrogen-bond acceptors (Lipinski definition) is 3. The number of fused-ring (bicyclic) bond motifs is 1. The monoisotopic (exact) mass is 262 g/mol. The molecule has 1 heterocycles. The topological polar surface area (TPSA) is 55.8 Å². The van der Waals surface area contributed by atoms with Crippen molar-refractivity contribution in [1.29, 1.82) is 0 Å². The van der Waals surface area contributed by atoms with Gasteiger partial charge in [0.1, 0.15) is 0 Å². The minimum absolute atomic E-state index is 0.0489. The predicted octanol–water partition coefficient (Wildman–Crippen LogP) is 3.00. The van der Waals surface area contributed by atoms with Crippen molar-refractivity contribution in [1.82, 2.24) is 0 Å². The van der Waals surface area contributed by atoms with Gasteiger partial charge >= 0.3 is 5.97 Å². The molecule has 0 bridgehead atoms. The highest BCUT2D eigenvalue weighted by atomic mass is 16.7. The zero-order valence-corrected chi connectivity index (χ0v) is 11.2. The van der Waals surface area contributed by atoms with Gasteiger partial charge in [0, 0.05) is 11.5 Å². The first-order chi connectivity index (χ1) is 9.08. The number of hydrogen-bond donors (Lipinski definition) is 1. The molecule has 0 amide bonds. The summed E-state index contributed by atoms with van der Waals surface area (Å²) in [6.07, 6.45) is 2.40. The van der Waals surface area contributed by atoms with E-state index in [9.17, 15) is 4.79 Å². The molecule has 19 heavy (non-hydrogen) atoms. The van der Waals surface area contributed by atoms with Crippen molar-refractivity contribution in [2.45, 2.75) is 39.0 Å². The van der Waals surface area contributed by atoms with Crippen LogP contribution in [-0.2, 0) is 4.79 Å². The third kappa shape index (κ3) is 2.15. The fraction of sp³-hybridized carbons (Fsp3) is 0.533. The van der Waals surface area contributed by atoms with E-state index in [0.29, 0.717) is 5.92 Å². The number of carboxylic acids is 1. The van der Waals surface area contributed by atoms with Crippen LogP contribution < -0.4 is 9.47 Å². The highest BCUT2D eigenvalue weighted by Crippen LogP contribution is 2.51. The van der Waals surface area contributed by atoms with Crippen molar-refractivity contribution in [2.24, 2.45) is 5.92 Å². The Kier molecular flexibility index (Phi) is 2.88. The van der Waals surface area contributed by atoms with E-state index in [0.717, 1.165) is 41.0 Å². The maximum Gasteiger partial charge on any atom is 0.303 e. The molecule has 1 atom stereocenters. The minimum Gasteiger partial charge on any atom is -0.481 e. The maximum atomic E-state index is 11.1. The van der Waals surface area contributed by atoms with E-state index in [1.807, 2.05) is 19.9 Å². The Morgan fingerprint density at radius 2 is 2.16 bits per heavy atom. The molecule has 0 spiro atoms. The van der Waals surface area contributed by atoms with Gasteiger partial charge in [0.2, 0.25) is 6.79 Å². The second-order valence-corrected chi connectivity index (χ2v) is 5.51. The van der Waals surface area contributed by atoms with Crippen LogP contribution in [0.15, 0.2) is 6.07 Å². The lowest BCUT2D eigenvalue weighted by molar-refractivity contribution is -0.137. The number of carboxylic acid groups (broad SMARTS) is 1. The van der Waals surface area contributed by atoms with Gasteiger partial charge in [-0.05, 0) is 49.8 Å². The molecule has 1 fully saturated rings. The summed E-state index contributed by atoms with van der Waals surface area (Å²) in [4.78, 5) is 11.1. The van der Waals surface area contributed by atoms with Gasteiger partial charge in [-0.25, -0.2) is 0 Å². The van der Waals surface area contributed by atoms with Gasteiger partial charge in [0.05, 0.1) is 6.42 Å². The fourth-order valence-corrected chi connectivity index (χ4v) is 2.93. The number of aryl methyl sites for hydroxylation is 1. The molecule has 4 nitrogen and oxygen atoms in total. The zero-order chi connectivity index (χ0) is 13.6. The van der Waals surface area contributed by atoms with E-state index in [1.54, 1.807) is 0 Å². The molecule has 0 radical (unpaired) electrons. The summed E-state index contributed by atoms with van der Waals surface area (Å²) in [5.74, 6) is 1.30. The Balaban J connectivity index is 2.09. The van der Waals surface area contributed by atoms with Crippen molar-refractivity contribution in [3.63, 3.8) is 0 Å². The lowest BCUT2D eigenvalue weighted by atomic mass is 9.85. The van der Waals surface area contributed by atoms with Gasteiger partial charge < -0.3 is 14.6 Å². The van der Waals surface area contributed by atoms with Crippen LogP contribution in [0.4, 0.5) is 0 Å². The molecule has 2 aliphatic rings. The first kappa shape index (κ1) is 12.3. The minimum atomic E-state index is -0.745. The summed E-state index contributed by atoms with van der Waals surface area (Å²) in [6, 6.07) is 1.98. The summed E-state index contributed by atoms with van der Waals surface area (Å²) in [5.41, 5.74) is 3.33.